The SMILES string of the molecule is CCCCOc1ccc(/C=N\NC(=O)Cc2ccc(Cl)cc2)cc1OCC. The molecule has 0 aliphatic rings. The van der Waals surface area contributed by atoms with Crippen molar-refractivity contribution >= 4 is 23.7 Å². The quantitative estimate of drug-likeness (QED) is 0.367. The summed E-state index contributed by atoms with van der Waals surface area (Å²) in [6, 6.07) is 12.7. The molecule has 2 aromatic carbocycles. The Morgan fingerprint density at radius 3 is 2.59 bits per heavy atom. The van der Waals surface area contributed by atoms with Crippen LogP contribution in [0, 0.1) is 0 Å². The van der Waals surface area contributed by atoms with Crippen LogP contribution in [-0.4, -0.2) is 25.3 Å². The van der Waals surface area contributed by atoms with E-state index >= 15 is 0 Å². The Morgan fingerprint density at radius 2 is 1.89 bits per heavy atom. The molecule has 0 unspecified atom stereocenters. The minimum absolute atomic E-state index is 0.196. The Morgan fingerprint density at radius 1 is 1.11 bits per heavy atom. The summed E-state index contributed by atoms with van der Waals surface area (Å²) in [5.74, 6) is 1.19. The van der Waals surface area contributed by atoms with Crippen molar-refractivity contribution in [3.63, 3.8) is 0 Å². The highest BCUT2D eigenvalue weighted by Crippen LogP contribution is 2.28. The van der Waals surface area contributed by atoms with Gasteiger partial charge in [0.25, 0.3) is 0 Å². The molecule has 0 atom stereocenters. The molecule has 0 aliphatic heterocycles. The Labute approximate surface area is 165 Å². The Bertz CT molecular complexity index is 761. The van der Waals surface area contributed by atoms with Gasteiger partial charge in [-0.3, -0.25) is 4.79 Å². The van der Waals surface area contributed by atoms with Gasteiger partial charge in [0.05, 0.1) is 25.8 Å². The highest BCUT2D eigenvalue weighted by Gasteiger charge is 2.06. The highest BCUT2D eigenvalue weighted by atomic mass is 35.5. The molecule has 0 saturated carbocycles. The van der Waals surface area contributed by atoms with E-state index in [0.717, 1.165) is 24.0 Å². The van der Waals surface area contributed by atoms with E-state index in [1.807, 2.05) is 37.3 Å². The number of carbonyl (C=O) groups is 1. The van der Waals surface area contributed by atoms with Crippen molar-refractivity contribution in [1.82, 2.24) is 5.43 Å². The van der Waals surface area contributed by atoms with E-state index in [0.29, 0.717) is 29.7 Å². The maximum atomic E-state index is 12.0. The van der Waals surface area contributed by atoms with Gasteiger partial charge in [0.15, 0.2) is 11.5 Å². The number of halogens is 1. The van der Waals surface area contributed by atoms with E-state index in [4.69, 9.17) is 21.1 Å². The summed E-state index contributed by atoms with van der Waals surface area (Å²) < 4.78 is 11.4. The van der Waals surface area contributed by atoms with Crippen LogP contribution >= 0.6 is 11.6 Å². The fraction of sp³-hybridized carbons (Fsp3) is 0.333. The first kappa shape index (κ1) is 20.8. The molecular formula is C21H25ClN2O3. The first-order chi connectivity index (χ1) is 13.1. The second-order valence-electron chi connectivity index (χ2n) is 5.94. The fourth-order valence-electron chi connectivity index (χ4n) is 2.32. The number of nitrogens with zero attached hydrogens (tertiary/aromatic N) is 1. The van der Waals surface area contributed by atoms with Gasteiger partial charge in [0, 0.05) is 5.02 Å². The number of amides is 1. The van der Waals surface area contributed by atoms with Crippen LogP contribution in [0.2, 0.25) is 5.02 Å². The van der Waals surface area contributed by atoms with Gasteiger partial charge in [-0.2, -0.15) is 5.10 Å². The predicted octanol–water partition coefficient (Wildman–Crippen LogP) is 4.61. The molecule has 5 nitrogen and oxygen atoms in total. The molecule has 1 N–H and O–H groups in total. The monoisotopic (exact) mass is 388 g/mol. The van der Waals surface area contributed by atoms with E-state index in [2.05, 4.69) is 17.5 Å². The molecule has 0 heterocycles. The molecule has 0 aromatic heterocycles. The lowest BCUT2D eigenvalue weighted by Crippen LogP contribution is -2.19. The van der Waals surface area contributed by atoms with Crippen LogP contribution in [0.4, 0.5) is 0 Å². The van der Waals surface area contributed by atoms with Crippen molar-refractivity contribution in [1.29, 1.82) is 0 Å². The molecule has 144 valence electrons. The number of hydrogen-bond acceptors (Lipinski definition) is 4. The first-order valence-electron chi connectivity index (χ1n) is 9.08. The highest BCUT2D eigenvalue weighted by molar-refractivity contribution is 6.30. The van der Waals surface area contributed by atoms with Crippen molar-refractivity contribution in [3.8, 4) is 11.5 Å². The van der Waals surface area contributed by atoms with E-state index in [1.54, 1.807) is 18.3 Å². The maximum Gasteiger partial charge on any atom is 0.244 e. The van der Waals surface area contributed by atoms with Crippen molar-refractivity contribution < 1.29 is 14.3 Å². The molecule has 2 aromatic rings. The third kappa shape index (κ3) is 7.31. The van der Waals surface area contributed by atoms with Crippen LogP contribution in [0.25, 0.3) is 0 Å². The lowest BCUT2D eigenvalue weighted by atomic mass is 10.1. The summed E-state index contributed by atoms with van der Waals surface area (Å²) in [5.41, 5.74) is 4.22. The molecule has 1 amide bonds. The summed E-state index contributed by atoms with van der Waals surface area (Å²) in [4.78, 5) is 12.0. The average Bonchev–Trinajstić information content (AvgIpc) is 2.66. The van der Waals surface area contributed by atoms with E-state index in [-0.39, 0.29) is 12.3 Å². The molecule has 0 radical (unpaired) electrons. The molecule has 0 saturated heterocycles. The molecular weight excluding hydrogens is 364 g/mol. The van der Waals surface area contributed by atoms with E-state index in [1.165, 1.54) is 0 Å². The van der Waals surface area contributed by atoms with Gasteiger partial charge < -0.3 is 9.47 Å². The fourth-order valence-corrected chi connectivity index (χ4v) is 2.45. The molecule has 0 aliphatic carbocycles. The van der Waals surface area contributed by atoms with Gasteiger partial charge in [0.1, 0.15) is 0 Å². The Kier molecular flexibility index (Phi) is 8.65. The van der Waals surface area contributed by atoms with Gasteiger partial charge >= 0.3 is 0 Å². The third-order valence-corrected chi connectivity index (χ3v) is 3.96. The second kappa shape index (κ2) is 11.2. The average molecular weight is 389 g/mol. The normalized spacial score (nSPS) is 10.8. The van der Waals surface area contributed by atoms with Crippen LogP contribution < -0.4 is 14.9 Å². The zero-order chi connectivity index (χ0) is 19.5. The summed E-state index contributed by atoms with van der Waals surface area (Å²) in [6.07, 6.45) is 3.89. The largest absolute Gasteiger partial charge is 0.490 e. The van der Waals surface area contributed by atoms with Gasteiger partial charge in [-0.1, -0.05) is 37.1 Å². The Hall–Kier alpha value is -2.53. The molecule has 2 rings (SSSR count). The van der Waals surface area contributed by atoms with Crippen molar-refractivity contribution in [2.75, 3.05) is 13.2 Å². The molecule has 27 heavy (non-hydrogen) atoms. The van der Waals surface area contributed by atoms with Gasteiger partial charge in [-0.05, 0) is 54.8 Å². The summed E-state index contributed by atoms with van der Waals surface area (Å²) in [6.45, 7) is 5.24. The lowest BCUT2D eigenvalue weighted by Gasteiger charge is -2.12. The minimum Gasteiger partial charge on any atom is -0.490 e. The summed E-state index contributed by atoms with van der Waals surface area (Å²) in [7, 11) is 0. The van der Waals surface area contributed by atoms with Crippen LogP contribution in [0.3, 0.4) is 0 Å². The van der Waals surface area contributed by atoms with E-state index in [9.17, 15) is 4.79 Å². The van der Waals surface area contributed by atoms with Crippen LogP contribution in [0.5, 0.6) is 11.5 Å². The molecule has 6 heteroatoms. The second-order valence-corrected chi connectivity index (χ2v) is 6.37. The van der Waals surface area contributed by atoms with Crippen molar-refractivity contribution in [2.45, 2.75) is 33.1 Å². The lowest BCUT2D eigenvalue weighted by molar-refractivity contribution is -0.120. The summed E-state index contributed by atoms with van der Waals surface area (Å²) in [5, 5.41) is 4.66. The van der Waals surface area contributed by atoms with Crippen LogP contribution in [0.15, 0.2) is 47.6 Å². The zero-order valence-electron chi connectivity index (χ0n) is 15.7. The van der Waals surface area contributed by atoms with Crippen molar-refractivity contribution in [3.05, 3.63) is 58.6 Å². The zero-order valence-corrected chi connectivity index (χ0v) is 16.5. The summed E-state index contributed by atoms with van der Waals surface area (Å²) >= 11 is 5.84. The number of ether oxygens (including phenoxy) is 2. The molecule has 0 spiro atoms. The number of unbranched alkanes of at least 4 members (excludes halogenated alkanes) is 1. The van der Waals surface area contributed by atoms with E-state index < -0.39 is 0 Å². The number of rotatable bonds is 10. The van der Waals surface area contributed by atoms with Gasteiger partial charge in [-0.25, -0.2) is 5.43 Å². The topological polar surface area (TPSA) is 59.9 Å². The molecule has 0 fully saturated rings. The maximum absolute atomic E-state index is 12.0. The van der Waals surface area contributed by atoms with Crippen LogP contribution in [0.1, 0.15) is 37.8 Å². The smallest absolute Gasteiger partial charge is 0.244 e. The number of hydrazone groups is 1. The first-order valence-corrected chi connectivity index (χ1v) is 9.46. The number of nitrogens with one attached hydrogen (secondary N) is 1. The minimum atomic E-state index is -0.196. The van der Waals surface area contributed by atoms with Gasteiger partial charge in [0.2, 0.25) is 5.91 Å². The van der Waals surface area contributed by atoms with Crippen molar-refractivity contribution in [2.24, 2.45) is 5.10 Å². The third-order valence-electron chi connectivity index (χ3n) is 3.70. The standard InChI is InChI=1S/C21H25ClN2O3/c1-3-5-12-27-19-11-8-17(13-20(19)26-4-2)15-23-24-21(25)14-16-6-9-18(22)10-7-16/h6-11,13,15H,3-5,12,14H2,1-2H3,(H,24,25)/b23-15-. The van der Waals surface area contributed by atoms with Gasteiger partial charge in [-0.15, -0.1) is 0 Å². The van der Waals surface area contributed by atoms with Crippen LogP contribution in [-0.2, 0) is 11.2 Å². The molecule has 0 bridgehead atoms. The number of carbonyl (C=O) groups excluding carboxylic acids is 1. The Balaban J connectivity index is 1.93. The number of hydrogen-bond donors (Lipinski definition) is 1. The number of benzene rings is 2. The predicted molar refractivity (Wildman–Crippen MR) is 109 cm³/mol.